The molecular weight excluding hydrogens is 390 g/mol. The SMILES string of the molecule is O=C(CSc1nc(-c2ccccc2)cs1)Nc1cccc(C(=O)NC2CC2)c1. The van der Waals surface area contributed by atoms with E-state index in [1.54, 1.807) is 24.3 Å². The molecule has 0 bridgehead atoms. The van der Waals surface area contributed by atoms with Crippen molar-refractivity contribution >= 4 is 40.6 Å². The van der Waals surface area contributed by atoms with Gasteiger partial charge in [0.05, 0.1) is 11.4 Å². The second kappa shape index (κ2) is 8.58. The molecule has 0 aliphatic heterocycles. The monoisotopic (exact) mass is 409 g/mol. The van der Waals surface area contributed by atoms with Gasteiger partial charge >= 0.3 is 0 Å². The van der Waals surface area contributed by atoms with Gasteiger partial charge in [-0.3, -0.25) is 9.59 Å². The van der Waals surface area contributed by atoms with Crippen molar-refractivity contribution < 1.29 is 9.59 Å². The van der Waals surface area contributed by atoms with Crippen LogP contribution in [0.25, 0.3) is 11.3 Å². The summed E-state index contributed by atoms with van der Waals surface area (Å²) in [6, 6.07) is 17.3. The molecule has 0 saturated heterocycles. The molecular formula is C21H19N3O2S2. The first-order valence-corrected chi connectivity index (χ1v) is 10.9. The Labute approximate surface area is 171 Å². The van der Waals surface area contributed by atoms with Crippen LogP contribution in [0.3, 0.4) is 0 Å². The molecule has 2 amide bonds. The van der Waals surface area contributed by atoms with Crippen molar-refractivity contribution in [3.63, 3.8) is 0 Å². The van der Waals surface area contributed by atoms with Crippen molar-refractivity contribution in [1.82, 2.24) is 10.3 Å². The van der Waals surface area contributed by atoms with Gasteiger partial charge in [0.15, 0.2) is 4.34 Å². The molecule has 1 aliphatic carbocycles. The number of amides is 2. The van der Waals surface area contributed by atoms with E-state index < -0.39 is 0 Å². The van der Waals surface area contributed by atoms with Gasteiger partial charge in [0.25, 0.3) is 5.91 Å². The third kappa shape index (κ3) is 4.99. The third-order valence-electron chi connectivity index (χ3n) is 4.20. The molecule has 1 fully saturated rings. The Kier molecular flexibility index (Phi) is 5.73. The number of aromatic nitrogens is 1. The average Bonchev–Trinajstić information content (AvgIpc) is 3.40. The second-order valence-electron chi connectivity index (χ2n) is 6.53. The summed E-state index contributed by atoms with van der Waals surface area (Å²) in [7, 11) is 0. The highest BCUT2D eigenvalue weighted by molar-refractivity contribution is 8.01. The summed E-state index contributed by atoms with van der Waals surface area (Å²) < 4.78 is 0.853. The van der Waals surface area contributed by atoms with E-state index in [9.17, 15) is 9.59 Å². The van der Waals surface area contributed by atoms with E-state index in [0.717, 1.165) is 28.4 Å². The molecule has 1 aromatic heterocycles. The van der Waals surface area contributed by atoms with E-state index in [0.29, 0.717) is 17.3 Å². The maximum atomic E-state index is 12.3. The largest absolute Gasteiger partial charge is 0.349 e. The zero-order valence-corrected chi connectivity index (χ0v) is 16.7. The average molecular weight is 410 g/mol. The molecule has 0 unspecified atom stereocenters. The van der Waals surface area contributed by atoms with E-state index in [-0.39, 0.29) is 17.6 Å². The summed E-state index contributed by atoms with van der Waals surface area (Å²) in [4.78, 5) is 29.0. The quantitative estimate of drug-likeness (QED) is 0.566. The number of carbonyl (C=O) groups excluding carboxylic acids is 2. The van der Waals surface area contributed by atoms with Crippen LogP contribution in [-0.2, 0) is 4.79 Å². The zero-order chi connectivity index (χ0) is 19.3. The van der Waals surface area contributed by atoms with Crippen molar-refractivity contribution in [2.24, 2.45) is 0 Å². The minimum absolute atomic E-state index is 0.0933. The van der Waals surface area contributed by atoms with Gasteiger partial charge in [-0.15, -0.1) is 11.3 Å². The Morgan fingerprint density at radius 2 is 1.93 bits per heavy atom. The first kappa shape index (κ1) is 18.7. The Bertz CT molecular complexity index is 984. The molecule has 5 nitrogen and oxygen atoms in total. The molecule has 0 spiro atoms. The summed E-state index contributed by atoms with van der Waals surface area (Å²) in [6.45, 7) is 0. The highest BCUT2D eigenvalue weighted by Gasteiger charge is 2.23. The lowest BCUT2D eigenvalue weighted by molar-refractivity contribution is -0.113. The fraction of sp³-hybridized carbons (Fsp3) is 0.190. The normalized spacial score (nSPS) is 13.1. The molecule has 0 radical (unpaired) electrons. The Morgan fingerprint density at radius 1 is 1.11 bits per heavy atom. The lowest BCUT2D eigenvalue weighted by Gasteiger charge is -2.07. The van der Waals surface area contributed by atoms with Gasteiger partial charge in [-0.2, -0.15) is 0 Å². The van der Waals surface area contributed by atoms with Gasteiger partial charge in [-0.05, 0) is 31.0 Å². The molecule has 0 atom stereocenters. The number of nitrogens with one attached hydrogen (secondary N) is 2. The first-order chi connectivity index (χ1) is 13.7. The molecule has 4 rings (SSSR count). The van der Waals surface area contributed by atoms with E-state index in [1.807, 2.05) is 35.7 Å². The van der Waals surface area contributed by atoms with E-state index >= 15 is 0 Å². The smallest absolute Gasteiger partial charge is 0.251 e. The summed E-state index contributed by atoms with van der Waals surface area (Å²) in [6.07, 6.45) is 2.09. The second-order valence-corrected chi connectivity index (χ2v) is 8.61. The van der Waals surface area contributed by atoms with Gasteiger partial charge in [0, 0.05) is 28.2 Å². The molecule has 28 heavy (non-hydrogen) atoms. The van der Waals surface area contributed by atoms with E-state index in [2.05, 4.69) is 15.6 Å². The van der Waals surface area contributed by atoms with Gasteiger partial charge in [-0.1, -0.05) is 48.2 Å². The molecule has 142 valence electrons. The molecule has 3 aromatic rings. The highest BCUT2D eigenvalue weighted by atomic mass is 32.2. The molecule has 2 N–H and O–H groups in total. The number of rotatable bonds is 7. The lowest BCUT2D eigenvalue weighted by Crippen LogP contribution is -2.25. The number of benzene rings is 2. The maximum Gasteiger partial charge on any atom is 0.251 e. The standard InChI is InChI=1S/C21H19N3O2S2/c25-19(13-28-21-24-18(12-27-21)14-5-2-1-3-6-14)22-17-8-4-7-15(11-17)20(26)23-16-9-10-16/h1-8,11-12,16H,9-10,13H2,(H,22,25)(H,23,26). The predicted octanol–water partition coefficient (Wildman–Crippen LogP) is 4.43. The van der Waals surface area contributed by atoms with E-state index in [4.69, 9.17) is 0 Å². The van der Waals surface area contributed by atoms with Crippen LogP contribution in [0.1, 0.15) is 23.2 Å². The predicted molar refractivity (Wildman–Crippen MR) is 114 cm³/mol. The number of thioether (sulfide) groups is 1. The summed E-state index contributed by atoms with van der Waals surface area (Å²) in [5, 5.41) is 7.80. The topological polar surface area (TPSA) is 71.1 Å². The van der Waals surface area contributed by atoms with Crippen molar-refractivity contribution in [3.05, 3.63) is 65.5 Å². The van der Waals surface area contributed by atoms with Gasteiger partial charge in [-0.25, -0.2) is 4.98 Å². The minimum atomic E-state index is -0.124. The van der Waals surface area contributed by atoms with Crippen LogP contribution in [0.15, 0.2) is 64.3 Å². The van der Waals surface area contributed by atoms with Gasteiger partial charge in [0.1, 0.15) is 0 Å². The van der Waals surface area contributed by atoms with Gasteiger partial charge < -0.3 is 10.6 Å². The van der Waals surface area contributed by atoms with Crippen molar-refractivity contribution in [2.75, 3.05) is 11.1 Å². The lowest BCUT2D eigenvalue weighted by atomic mass is 10.2. The number of thiazole rings is 1. The van der Waals surface area contributed by atoms with Gasteiger partial charge in [0.2, 0.25) is 5.91 Å². The van der Waals surface area contributed by atoms with Crippen molar-refractivity contribution in [1.29, 1.82) is 0 Å². The summed E-state index contributed by atoms with van der Waals surface area (Å²) in [5.41, 5.74) is 3.17. The zero-order valence-electron chi connectivity index (χ0n) is 15.1. The number of nitrogens with zero attached hydrogens (tertiary/aromatic N) is 1. The molecule has 1 aliphatic rings. The number of anilines is 1. The van der Waals surface area contributed by atoms with Crippen LogP contribution in [0.2, 0.25) is 0 Å². The fourth-order valence-electron chi connectivity index (χ4n) is 2.62. The van der Waals surface area contributed by atoms with Crippen LogP contribution in [0, 0.1) is 0 Å². The van der Waals surface area contributed by atoms with Crippen LogP contribution in [0.4, 0.5) is 5.69 Å². The Morgan fingerprint density at radius 3 is 2.71 bits per heavy atom. The van der Waals surface area contributed by atoms with Crippen LogP contribution < -0.4 is 10.6 Å². The van der Waals surface area contributed by atoms with Crippen molar-refractivity contribution in [3.8, 4) is 11.3 Å². The number of hydrogen-bond acceptors (Lipinski definition) is 5. The van der Waals surface area contributed by atoms with Crippen LogP contribution in [-0.4, -0.2) is 28.6 Å². The maximum absolute atomic E-state index is 12.3. The summed E-state index contributed by atoms with van der Waals surface area (Å²) in [5.74, 6) is 0.0469. The summed E-state index contributed by atoms with van der Waals surface area (Å²) >= 11 is 2.94. The van der Waals surface area contributed by atoms with E-state index in [1.165, 1.54) is 23.1 Å². The molecule has 1 heterocycles. The van der Waals surface area contributed by atoms with Crippen LogP contribution >= 0.6 is 23.1 Å². The van der Waals surface area contributed by atoms with Crippen molar-refractivity contribution in [2.45, 2.75) is 23.2 Å². The highest BCUT2D eigenvalue weighted by Crippen LogP contribution is 2.28. The molecule has 1 saturated carbocycles. The number of hydrogen-bond donors (Lipinski definition) is 2. The Balaban J connectivity index is 1.31. The Hall–Kier alpha value is -2.64. The fourth-order valence-corrected chi connectivity index (χ4v) is 4.26. The van der Waals surface area contributed by atoms with Crippen LogP contribution in [0.5, 0.6) is 0 Å². The number of carbonyl (C=O) groups is 2. The molecule has 7 heteroatoms. The molecule has 2 aromatic carbocycles. The first-order valence-electron chi connectivity index (χ1n) is 9.02. The third-order valence-corrected chi connectivity index (χ3v) is 6.22. The minimum Gasteiger partial charge on any atom is -0.349 e.